The molecule has 0 radical (unpaired) electrons. The third kappa shape index (κ3) is 4.75. The van der Waals surface area contributed by atoms with Crippen LogP contribution in [0.15, 0.2) is 21.3 Å². The van der Waals surface area contributed by atoms with E-state index in [1.165, 1.54) is 17.6 Å². The average molecular weight is 420 g/mol. The highest BCUT2D eigenvalue weighted by molar-refractivity contribution is 9.13. The van der Waals surface area contributed by atoms with Crippen LogP contribution in [0.3, 0.4) is 0 Å². The first-order valence-corrected chi connectivity index (χ1v) is 6.60. The summed E-state index contributed by atoms with van der Waals surface area (Å²) in [4.78, 5) is 25.5. The molecule has 20 heavy (non-hydrogen) atoms. The van der Waals surface area contributed by atoms with Crippen molar-refractivity contribution in [2.45, 2.75) is 18.6 Å². The predicted molar refractivity (Wildman–Crippen MR) is 69.0 cm³/mol. The van der Waals surface area contributed by atoms with Crippen LogP contribution in [0.25, 0.3) is 0 Å². The molecule has 1 heterocycles. The number of carboxylic acid groups (broad SMARTS) is 1. The molecular weight excluding hydrogens is 413 g/mol. The molecule has 1 rings (SSSR count). The standard InChI is InChI=1S/C10H7Br2F3N2O3/c11-5-1-4(3-16-7(5)12)2-6(8(18)19)17-9(20)10(13,14)15/h1,3,6H,2H2,(H,17,20)(H,18,19). The summed E-state index contributed by atoms with van der Waals surface area (Å²) in [5, 5.41) is 10.3. The van der Waals surface area contributed by atoms with E-state index >= 15 is 0 Å². The summed E-state index contributed by atoms with van der Waals surface area (Å²) in [5.41, 5.74) is 0.356. The summed E-state index contributed by atoms with van der Waals surface area (Å²) in [6.45, 7) is 0. The van der Waals surface area contributed by atoms with Crippen molar-refractivity contribution in [3.8, 4) is 0 Å². The van der Waals surface area contributed by atoms with E-state index in [0.29, 0.717) is 14.6 Å². The van der Waals surface area contributed by atoms with E-state index in [1.807, 2.05) is 0 Å². The zero-order chi connectivity index (χ0) is 15.5. The molecule has 0 saturated carbocycles. The highest BCUT2D eigenvalue weighted by Crippen LogP contribution is 2.22. The largest absolute Gasteiger partial charge is 0.480 e. The Morgan fingerprint density at radius 2 is 2.00 bits per heavy atom. The monoisotopic (exact) mass is 418 g/mol. The maximum absolute atomic E-state index is 12.1. The molecule has 0 fully saturated rings. The van der Waals surface area contributed by atoms with Crippen molar-refractivity contribution in [1.82, 2.24) is 10.3 Å². The number of aliphatic carboxylic acids is 1. The van der Waals surface area contributed by atoms with Crippen LogP contribution in [0.5, 0.6) is 0 Å². The third-order valence-corrected chi connectivity index (χ3v) is 3.92. The molecule has 0 saturated heterocycles. The summed E-state index contributed by atoms with van der Waals surface area (Å²) in [6.07, 6.45) is -4.16. The van der Waals surface area contributed by atoms with E-state index in [0.717, 1.165) is 0 Å². The highest BCUT2D eigenvalue weighted by atomic mass is 79.9. The Labute approximate surface area is 127 Å². The van der Waals surface area contributed by atoms with E-state index in [9.17, 15) is 22.8 Å². The van der Waals surface area contributed by atoms with Gasteiger partial charge in [0.1, 0.15) is 10.6 Å². The molecule has 0 aromatic carbocycles. The van der Waals surface area contributed by atoms with Gasteiger partial charge in [-0.1, -0.05) is 0 Å². The van der Waals surface area contributed by atoms with E-state index in [2.05, 4.69) is 36.8 Å². The fraction of sp³-hybridized carbons (Fsp3) is 0.300. The first-order valence-electron chi connectivity index (χ1n) is 5.01. The lowest BCUT2D eigenvalue weighted by Gasteiger charge is -2.15. The van der Waals surface area contributed by atoms with E-state index in [4.69, 9.17) is 5.11 Å². The van der Waals surface area contributed by atoms with Crippen LogP contribution in [0.4, 0.5) is 13.2 Å². The van der Waals surface area contributed by atoms with Gasteiger partial charge in [-0.05, 0) is 43.5 Å². The number of amides is 1. The first-order chi connectivity index (χ1) is 9.11. The minimum absolute atomic E-state index is 0.323. The second kappa shape index (κ2) is 6.53. The quantitative estimate of drug-likeness (QED) is 0.734. The SMILES string of the molecule is O=C(O)C(Cc1cnc(Br)c(Br)c1)NC(=O)C(F)(F)F. The lowest BCUT2D eigenvalue weighted by molar-refractivity contribution is -0.175. The second-order valence-corrected chi connectivity index (χ2v) is 5.29. The molecule has 0 aliphatic carbocycles. The van der Waals surface area contributed by atoms with Gasteiger partial charge in [-0.15, -0.1) is 0 Å². The Hall–Kier alpha value is -1.16. The fourth-order valence-electron chi connectivity index (χ4n) is 1.25. The maximum atomic E-state index is 12.1. The van der Waals surface area contributed by atoms with Gasteiger partial charge < -0.3 is 10.4 Å². The van der Waals surface area contributed by atoms with Crippen LogP contribution >= 0.6 is 31.9 Å². The van der Waals surface area contributed by atoms with Crippen LogP contribution < -0.4 is 5.32 Å². The van der Waals surface area contributed by atoms with Gasteiger partial charge in [0, 0.05) is 12.6 Å². The van der Waals surface area contributed by atoms with Crippen molar-refractivity contribution in [2.24, 2.45) is 0 Å². The number of aromatic nitrogens is 1. The molecule has 10 heteroatoms. The third-order valence-electron chi connectivity index (χ3n) is 2.15. The van der Waals surface area contributed by atoms with Crippen molar-refractivity contribution in [3.05, 3.63) is 26.9 Å². The van der Waals surface area contributed by atoms with Crippen LogP contribution in [0.1, 0.15) is 5.56 Å². The molecule has 1 unspecified atom stereocenters. The second-order valence-electron chi connectivity index (χ2n) is 3.68. The Kier molecular flexibility index (Phi) is 5.51. The molecule has 1 aromatic heterocycles. The molecule has 0 aliphatic rings. The summed E-state index contributed by atoms with van der Waals surface area (Å²) < 4.78 is 37.3. The number of carboxylic acids is 1. The van der Waals surface area contributed by atoms with Crippen molar-refractivity contribution < 1.29 is 27.9 Å². The van der Waals surface area contributed by atoms with Crippen molar-refractivity contribution in [1.29, 1.82) is 0 Å². The molecule has 0 spiro atoms. The fourth-order valence-corrected chi connectivity index (χ4v) is 1.86. The molecule has 5 nitrogen and oxygen atoms in total. The van der Waals surface area contributed by atoms with E-state index in [-0.39, 0.29) is 6.42 Å². The lowest BCUT2D eigenvalue weighted by Crippen LogP contribution is -2.47. The number of rotatable bonds is 4. The number of carbonyl (C=O) groups excluding carboxylic acids is 1. The maximum Gasteiger partial charge on any atom is 0.471 e. The van der Waals surface area contributed by atoms with Gasteiger partial charge in [0.25, 0.3) is 0 Å². The zero-order valence-corrected chi connectivity index (χ0v) is 12.7. The Balaban J connectivity index is 2.85. The van der Waals surface area contributed by atoms with Gasteiger partial charge in [-0.2, -0.15) is 13.2 Å². The van der Waals surface area contributed by atoms with Gasteiger partial charge in [0.2, 0.25) is 0 Å². The highest BCUT2D eigenvalue weighted by Gasteiger charge is 2.40. The number of nitrogens with zero attached hydrogens (tertiary/aromatic N) is 1. The van der Waals surface area contributed by atoms with Gasteiger partial charge in [-0.3, -0.25) is 4.79 Å². The minimum atomic E-state index is -5.13. The van der Waals surface area contributed by atoms with E-state index in [1.54, 1.807) is 0 Å². The predicted octanol–water partition coefficient (Wildman–Crippen LogP) is 2.28. The molecule has 2 N–H and O–H groups in total. The molecular formula is C10H7Br2F3N2O3. The minimum Gasteiger partial charge on any atom is -0.480 e. The van der Waals surface area contributed by atoms with Crippen LogP contribution in [0.2, 0.25) is 0 Å². The van der Waals surface area contributed by atoms with Gasteiger partial charge in [0.15, 0.2) is 0 Å². The van der Waals surface area contributed by atoms with Crippen molar-refractivity contribution in [2.75, 3.05) is 0 Å². The molecule has 0 aliphatic heterocycles. The van der Waals surface area contributed by atoms with Gasteiger partial charge in [0.05, 0.1) is 4.47 Å². The number of nitrogens with one attached hydrogen (secondary N) is 1. The summed E-state index contributed by atoms with van der Waals surface area (Å²) in [5.74, 6) is -3.87. The van der Waals surface area contributed by atoms with Crippen molar-refractivity contribution >= 4 is 43.7 Å². The van der Waals surface area contributed by atoms with Crippen molar-refractivity contribution in [3.63, 3.8) is 0 Å². The molecule has 110 valence electrons. The van der Waals surface area contributed by atoms with Gasteiger partial charge in [-0.25, -0.2) is 9.78 Å². The number of halogens is 5. The Bertz CT molecular complexity index is 537. The average Bonchev–Trinajstić information content (AvgIpc) is 2.31. The molecule has 1 aromatic rings. The first kappa shape index (κ1) is 16.9. The van der Waals surface area contributed by atoms with E-state index < -0.39 is 24.1 Å². The number of carbonyl (C=O) groups is 2. The van der Waals surface area contributed by atoms with Crippen LogP contribution in [0, 0.1) is 0 Å². The van der Waals surface area contributed by atoms with Crippen LogP contribution in [-0.2, 0) is 16.0 Å². The topological polar surface area (TPSA) is 79.3 Å². The molecule has 1 amide bonds. The Morgan fingerprint density at radius 1 is 1.40 bits per heavy atom. The molecule has 0 bridgehead atoms. The normalized spacial score (nSPS) is 12.8. The smallest absolute Gasteiger partial charge is 0.471 e. The number of hydrogen-bond donors (Lipinski definition) is 2. The summed E-state index contributed by atoms with van der Waals surface area (Å²) in [7, 11) is 0. The zero-order valence-electron chi connectivity index (χ0n) is 9.54. The number of hydrogen-bond acceptors (Lipinski definition) is 3. The number of pyridine rings is 1. The number of alkyl halides is 3. The van der Waals surface area contributed by atoms with Gasteiger partial charge >= 0.3 is 18.1 Å². The lowest BCUT2D eigenvalue weighted by atomic mass is 10.1. The van der Waals surface area contributed by atoms with Crippen LogP contribution in [-0.4, -0.2) is 34.2 Å². The molecule has 1 atom stereocenters. The Morgan fingerprint density at radius 3 is 2.45 bits per heavy atom. The summed E-state index contributed by atoms with van der Waals surface area (Å²) in [6, 6.07) is -0.203. The summed E-state index contributed by atoms with van der Waals surface area (Å²) >= 11 is 6.23.